The first-order chi connectivity index (χ1) is 9.66. The Kier molecular flexibility index (Phi) is 6.37. The molecule has 2 N–H and O–H groups in total. The van der Waals surface area contributed by atoms with Gasteiger partial charge in [-0.2, -0.15) is 9.40 Å². The van der Waals surface area contributed by atoms with E-state index in [1.54, 1.807) is 7.05 Å². The van der Waals surface area contributed by atoms with Crippen molar-refractivity contribution in [2.24, 2.45) is 5.92 Å². The minimum absolute atomic E-state index is 0.138. The molecule has 0 aliphatic rings. The molecule has 0 saturated carbocycles. The van der Waals surface area contributed by atoms with Crippen LogP contribution in [0.1, 0.15) is 45.4 Å². The molecule has 0 unspecified atom stereocenters. The van der Waals surface area contributed by atoms with E-state index in [-0.39, 0.29) is 11.1 Å². The van der Waals surface area contributed by atoms with Crippen LogP contribution in [0.25, 0.3) is 0 Å². The maximum Gasteiger partial charge on any atom is 0.262 e. The van der Waals surface area contributed by atoms with Crippen molar-refractivity contribution in [3.63, 3.8) is 0 Å². The third-order valence-electron chi connectivity index (χ3n) is 3.40. The van der Waals surface area contributed by atoms with Crippen LogP contribution in [0.5, 0.6) is 0 Å². The number of aromatic nitrogens is 2. The summed E-state index contributed by atoms with van der Waals surface area (Å²) in [5.74, 6) is 0.464. The van der Waals surface area contributed by atoms with Crippen LogP contribution < -0.4 is 5.32 Å². The summed E-state index contributed by atoms with van der Waals surface area (Å²) in [6.45, 7) is 11.1. The summed E-state index contributed by atoms with van der Waals surface area (Å²) in [5, 5.41) is 10.2. The van der Waals surface area contributed by atoms with Gasteiger partial charge in [-0.3, -0.25) is 5.10 Å². The van der Waals surface area contributed by atoms with Crippen LogP contribution in [0, 0.1) is 12.8 Å². The maximum absolute atomic E-state index is 12.6. The normalized spacial score (nSPS) is 12.8. The third-order valence-corrected chi connectivity index (χ3v) is 5.23. The molecule has 0 saturated heterocycles. The summed E-state index contributed by atoms with van der Waals surface area (Å²) >= 11 is 0. The number of sulfonamides is 1. The zero-order valence-electron chi connectivity index (χ0n) is 13.9. The van der Waals surface area contributed by atoms with Gasteiger partial charge in [0, 0.05) is 37.4 Å². The number of nitrogens with zero attached hydrogens (tertiary/aromatic N) is 2. The van der Waals surface area contributed by atoms with Gasteiger partial charge in [-0.1, -0.05) is 27.7 Å². The van der Waals surface area contributed by atoms with Gasteiger partial charge in [0.05, 0.1) is 0 Å². The second-order valence-electron chi connectivity index (χ2n) is 6.18. The molecule has 6 nitrogen and oxygen atoms in total. The lowest BCUT2D eigenvalue weighted by molar-refractivity contribution is 0.425. The molecule has 0 bridgehead atoms. The molecule has 7 heteroatoms. The van der Waals surface area contributed by atoms with Gasteiger partial charge in [-0.25, -0.2) is 8.42 Å². The van der Waals surface area contributed by atoms with E-state index in [0.29, 0.717) is 19.0 Å². The smallest absolute Gasteiger partial charge is 0.262 e. The van der Waals surface area contributed by atoms with Gasteiger partial charge < -0.3 is 5.32 Å². The Bertz CT molecular complexity index is 549. The maximum atomic E-state index is 12.6. The molecule has 0 spiro atoms. The molecular formula is C14H28N4O2S. The summed E-state index contributed by atoms with van der Waals surface area (Å²) in [6.07, 6.45) is 0.832. The number of hydrogen-bond acceptors (Lipinski definition) is 4. The molecule has 0 aromatic carbocycles. The Morgan fingerprint density at radius 3 is 2.43 bits per heavy atom. The number of aryl methyl sites for hydroxylation is 1. The number of aromatic amines is 1. The van der Waals surface area contributed by atoms with Gasteiger partial charge in [0.25, 0.3) is 10.0 Å². The largest absolute Gasteiger partial charge is 0.310 e. The van der Waals surface area contributed by atoms with Crippen molar-refractivity contribution in [2.75, 3.05) is 13.6 Å². The van der Waals surface area contributed by atoms with Crippen LogP contribution in [-0.2, 0) is 16.6 Å². The van der Waals surface area contributed by atoms with E-state index in [9.17, 15) is 8.42 Å². The van der Waals surface area contributed by atoms with Crippen LogP contribution in [0.2, 0.25) is 0 Å². The van der Waals surface area contributed by atoms with Crippen LogP contribution in [0.3, 0.4) is 0 Å². The van der Waals surface area contributed by atoms with Crippen molar-refractivity contribution >= 4 is 10.0 Å². The van der Waals surface area contributed by atoms with Crippen molar-refractivity contribution in [3.8, 4) is 0 Å². The first-order valence-electron chi connectivity index (χ1n) is 7.39. The molecule has 1 aromatic heterocycles. The summed E-state index contributed by atoms with van der Waals surface area (Å²) < 4.78 is 26.7. The Hall–Kier alpha value is -0.920. The second-order valence-corrected chi connectivity index (χ2v) is 8.14. The van der Waals surface area contributed by atoms with Crippen LogP contribution in [0.15, 0.2) is 5.03 Å². The molecular weight excluding hydrogens is 288 g/mol. The predicted octanol–water partition coefficient (Wildman–Crippen LogP) is 1.88. The van der Waals surface area contributed by atoms with E-state index in [4.69, 9.17) is 0 Å². The van der Waals surface area contributed by atoms with Crippen LogP contribution in [0.4, 0.5) is 0 Å². The zero-order valence-corrected chi connectivity index (χ0v) is 14.7. The van der Waals surface area contributed by atoms with E-state index in [1.165, 1.54) is 4.31 Å². The Balaban J connectivity index is 2.97. The van der Waals surface area contributed by atoms with Crippen molar-refractivity contribution in [3.05, 3.63) is 11.3 Å². The lowest BCUT2D eigenvalue weighted by atomic mass is 10.1. The molecule has 1 aromatic rings. The lowest BCUT2D eigenvalue weighted by Gasteiger charge is -2.18. The molecule has 0 aliphatic heterocycles. The Labute approximate surface area is 128 Å². The van der Waals surface area contributed by atoms with Crippen molar-refractivity contribution in [1.82, 2.24) is 19.8 Å². The first kappa shape index (κ1) is 18.1. The molecule has 0 aliphatic carbocycles. The van der Waals surface area contributed by atoms with Crippen LogP contribution in [-0.4, -0.2) is 42.6 Å². The minimum Gasteiger partial charge on any atom is -0.310 e. The number of nitrogens with one attached hydrogen (secondary N) is 2. The predicted molar refractivity (Wildman–Crippen MR) is 84.6 cm³/mol. The molecule has 0 amide bonds. The highest BCUT2D eigenvalue weighted by molar-refractivity contribution is 7.89. The number of rotatable bonds is 8. The van der Waals surface area contributed by atoms with Gasteiger partial charge in [0.15, 0.2) is 5.03 Å². The second kappa shape index (κ2) is 7.38. The highest BCUT2D eigenvalue weighted by atomic mass is 32.2. The van der Waals surface area contributed by atoms with Crippen molar-refractivity contribution < 1.29 is 8.42 Å². The van der Waals surface area contributed by atoms with E-state index in [0.717, 1.165) is 17.7 Å². The van der Waals surface area contributed by atoms with E-state index < -0.39 is 10.0 Å². The molecule has 21 heavy (non-hydrogen) atoms. The molecule has 122 valence electrons. The van der Waals surface area contributed by atoms with E-state index in [2.05, 4.69) is 29.4 Å². The average Bonchev–Trinajstić information content (AvgIpc) is 2.75. The molecule has 0 atom stereocenters. The summed E-state index contributed by atoms with van der Waals surface area (Å²) in [6, 6.07) is 0.286. The number of hydrogen-bond donors (Lipinski definition) is 2. The topological polar surface area (TPSA) is 78.1 Å². The van der Waals surface area contributed by atoms with Gasteiger partial charge in [0.2, 0.25) is 0 Å². The number of H-pyrrole nitrogens is 1. The van der Waals surface area contributed by atoms with Crippen molar-refractivity contribution in [1.29, 1.82) is 0 Å². The van der Waals surface area contributed by atoms with E-state index >= 15 is 0 Å². The average molecular weight is 316 g/mol. The SMILES string of the molecule is Cc1[nH]nc(S(=O)(=O)N(C)CCC(C)C)c1CNC(C)C. The summed E-state index contributed by atoms with van der Waals surface area (Å²) in [5.41, 5.74) is 1.51. The van der Waals surface area contributed by atoms with Gasteiger partial charge >= 0.3 is 0 Å². The van der Waals surface area contributed by atoms with Gasteiger partial charge in [-0.05, 0) is 19.3 Å². The quantitative estimate of drug-likeness (QED) is 0.767. The summed E-state index contributed by atoms with van der Waals surface area (Å²) in [4.78, 5) is 0. The van der Waals surface area contributed by atoms with Gasteiger partial charge in [-0.15, -0.1) is 0 Å². The fourth-order valence-electron chi connectivity index (χ4n) is 1.87. The Morgan fingerprint density at radius 2 is 1.90 bits per heavy atom. The standard InChI is InChI=1S/C14H28N4O2S/c1-10(2)7-8-18(6)21(19,20)14-13(9-15-11(3)4)12(5)16-17-14/h10-11,15H,7-9H2,1-6H3,(H,16,17). The first-order valence-corrected chi connectivity index (χ1v) is 8.83. The zero-order chi connectivity index (χ0) is 16.2. The molecule has 0 fully saturated rings. The fraction of sp³-hybridized carbons (Fsp3) is 0.786. The third kappa shape index (κ3) is 4.79. The highest BCUT2D eigenvalue weighted by Gasteiger charge is 2.28. The molecule has 0 radical (unpaired) electrons. The van der Waals surface area contributed by atoms with E-state index in [1.807, 2.05) is 20.8 Å². The van der Waals surface area contributed by atoms with Gasteiger partial charge in [0.1, 0.15) is 0 Å². The van der Waals surface area contributed by atoms with Crippen molar-refractivity contribution in [2.45, 2.75) is 58.7 Å². The highest BCUT2D eigenvalue weighted by Crippen LogP contribution is 2.20. The summed E-state index contributed by atoms with van der Waals surface area (Å²) in [7, 11) is -1.93. The lowest BCUT2D eigenvalue weighted by Crippen LogP contribution is -2.30. The molecule has 1 rings (SSSR count). The Morgan fingerprint density at radius 1 is 1.29 bits per heavy atom. The molecule has 1 heterocycles. The fourth-order valence-corrected chi connectivity index (χ4v) is 3.20. The minimum atomic E-state index is -3.54. The monoisotopic (exact) mass is 316 g/mol. The van der Waals surface area contributed by atoms with Crippen LogP contribution >= 0.6 is 0 Å².